The molecule has 1 heteroatoms. The number of hydrogen-bond donors (Lipinski definition) is 1. The Bertz CT molecular complexity index is 370. The largest absolute Gasteiger partial charge is 0.310 e. The van der Waals surface area contributed by atoms with Crippen molar-refractivity contribution in [3.05, 3.63) is 35.4 Å². The van der Waals surface area contributed by atoms with Gasteiger partial charge >= 0.3 is 0 Å². The van der Waals surface area contributed by atoms with Gasteiger partial charge < -0.3 is 5.32 Å². The molecule has 0 amide bonds. The van der Waals surface area contributed by atoms with Gasteiger partial charge in [-0.15, -0.1) is 0 Å². The van der Waals surface area contributed by atoms with E-state index >= 15 is 0 Å². The summed E-state index contributed by atoms with van der Waals surface area (Å²) in [6.45, 7) is 5.80. The van der Waals surface area contributed by atoms with Crippen LogP contribution < -0.4 is 5.32 Å². The minimum atomic E-state index is 0.595. The molecule has 1 aromatic rings. The summed E-state index contributed by atoms with van der Waals surface area (Å²) in [4.78, 5) is 0. The third-order valence-electron chi connectivity index (χ3n) is 4.22. The van der Waals surface area contributed by atoms with E-state index in [0.29, 0.717) is 6.04 Å². The second kappa shape index (κ2) is 7.69. The van der Waals surface area contributed by atoms with Crippen molar-refractivity contribution in [2.45, 2.75) is 64.8 Å². The second-order valence-electron chi connectivity index (χ2n) is 6.34. The number of nitrogens with one attached hydrogen (secondary N) is 1. The Hall–Kier alpha value is -0.820. The zero-order valence-corrected chi connectivity index (χ0v) is 12.6. The summed E-state index contributed by atoms with van der Waals surface area (Å²) < 4.78 is 0. The Morgan fingerprint density at radius 3 is 2.84 bits per heavy atom. The third kappa shape index (κ3) is 4.65. The first kappa shape index (κ1) is 14.6. The van der Waals surface area contributed by atoms with Gasteiger partial charge in [0.25, 0.3) is 0 Å². The van der Waals surface area contributed by atoms with Crippen LogP contribution in [0.1, 0.15) is 69.5 Å². The van der Waals surface area contributed by atoms with Crippen LogP contribution in [0.25, 0.3) is 0 Å². The summed E-state index contributed by atoms with van der Waals surface area (Å²) >= 11 is 0. The van der Waals surface area contributed by atoms with Gasteiger partial charge in [-0.3, -0.25) is 0 Å². The van der Waals surface area contributed by atoms with E-state index in [1.165, 1.54) is 51.5 Å². The average molecular weight is 259 g/mol. The Balaban J connectivity index is 1.83. The second-order valence-corrected chi connectivity index (χ2v) is 6.34. The summed E-state index contributed by atoms with van der Waals surface area (Å²) in [6, 6.07) is 9.61. The molecule has 1 N–H and O–H groups in total. The maximum atomic E-state index is 3.79. The van der Waals surface area contributed by atoms with Gasteiger partial charge in [0, 0.05) is 6.04 Å². The molecule has 1 aromatic carbocycles. The lowest BCUT2D eigenvalue weighted by Crippen LogP contribution is -2.22. The molecule has 0 bridgehead atoms. The van der Waals surface area contributed by atoms with Gasteiger partial charge in [-0.05, 0) is 49.3 Å². The highest BCUT2D eigenvalue weighted by atomic mass is 14.9. The van der Waals surface area contributed by atoms with Crippen molar-refractivity contribution in [2.24, 2.45) is 5.92 Å². The van der Waals surface area contributed by atoms with E-state index in [1.54, 1.807) is 11.1 Å². The molecule has 106 valence electrons. The van der Waals surface area contributed by atoms with E-state index in [9.17, 15) is 0 Å². The van der Waals surface area contributed by atoms with Crippen LogP contribution in [0.3, 0.4) is 0 Å². The number of benzene rings is 1. The van der Waals surface area contributed by atoms with Crippen molar-refractivity contribution in [3.63, 3.8) is 0 Å². The molecule has 2 rings (SSSR count). The van der Waals surface area contributed by atoms with Crippen LogP contribution in [0.5, 0.6) is 0 Å². The average Bonchev–Trinajstić information content (AvgIpc) is 2.61. The van der Waals surface area contributed by atoms with Crippen molar-refractivity contribution >= 4 is 0 Å². The minimum Gasteiger partial charge on any atom is -0.310 e. The van der Waals surface area contributed by atoms with Gasteiger partial charge in [0.05, 0.1) is 0 Å². The fraction of sp³-hybridized carbons (Fsp3) is 0.667. The van der Waals surface area contributed by atoms with Gasteiger partial charge in [-0.1, -0.05) is 57.4 Å². The van der Waals surface area contributed by atoms with Gasteiger partial charge in [0.1, 0.15) is 0 Å². The standard InChI is InChI=1S/C18H29N/c1-15(2)9-7-8-14-19-18-13-6-4-11-16-10-3-5-12-17(16)18/h3,5,10,12,15,18-19H,4,6-9,11,13-14H2,1-2H3. The Morgan fingerprint density at radius 1 is 1.16 bits per heavy atom. The quantitative estimate of drug-likeness (QED) is 0.567. The lowest BCUT2D eigenvalue weighted by atomic mass is 9.99. The van der Waals surface area contributed by atoms with Crippen LogP contribution in [0, 0.1) is 5.92 Å². The number of fused-ring (bicyclic) bond motifs is 1. The van der Waals surface area contributed by atoms with Gasteiger partial charge in [0.2, 0.25) is 0 Å². The zero-order valence-electron chi connectivity index (χ0n) is 12.6. The molecule has 1 aliphatic rings. The first-order valence-electron chi connectivity index (χ1n) is 8.08. The predicted octanol–water partition coefficient (Wildman–Crippen LogP) is 4.87. The maximum Gasteiger partial charge on any atom is 0.0322 e. The SMILES string of the molecule is CC(C)CCCCNC1CCCCc2ccccc21. The zero-order chi connectivity index (χ0) is 13.5. The number of rotatable bonds is 6. The van der Waals surface area contributed by atoms with Crippen molar-refractivity contribution < 1.29 is 0 Å². The molecule has 0 radical (unpaired) electrons. The monoisotopic (exact) mass is 259 g/mol. The van der Waals surface area contributed by atoms with E-state index in [-0.39, 0.29) is 0 Å². The highest BCUT2D eigenvalue weighted by molar-refractivity contribution is 5.31. The van der Waals surface area contributed by atoms with E-state index < -0.39 is 0 Å². The number of aryl methyl sites for hydroxylation is 1. The molecular weight excluding hydrogens is 230 g/mol. The van der Waals surface area contributed by atoms with Crippen molar-refractivity contribution in [1.82, 2.24) is 5.32 Å². The van der Waals surface area contributed by atoms with Gasteiger partial charge in [0.15, 0.2) is 0 Å². The molecule has 1 nitrogen and oxygen atoms in total. The minimum absolute atomic E-state index is 0.595. The normalized spacial score (nSPS) is 19.2. The summed E-state index contributed by atoms with van der Waals surface area (Å²) in [5, 5.41) is 3.79. The predicted molar refractivity (Wildman–Crippen MR) is 83.4 cm³/mol. The first-order valence-corrected chi connectivity index (χ1v) is 8.08. The summed E-state index contributed by atoms with van der Waals surface area (Å²) in [6.07, 6.45) is 9.32. The van der Waals surface area contributed by atoms with Crippen LogP contribution in [0.4, 0.5) is 0 Å². The summed E-state index contributed by atoms with van der Waals surface area (Å²) in [7, 11) is 0. The fourth-order valence-corrected chi connectivity index (χ4v) is 3.09. The van der Waals surface area contributed by atoms with E-state index in [2.05, 4.69) is 43.4 Å². The maximum absolute atomic E-state index is 3.79. The first-order chi connectivity index (χ1) is 9.27. The van der Waals surface area contributed by atoms with Crippen LogP contribution in [0.2, 0.25) is 0 Å². The molecular formula is C18H29N. The molecule has 1 atom stereocenters. The van der Waals surface area contributed by atoms with E-state index in [0.717, 1.165) is 5.92 Å². The summed E-state index contributed by atoms with van der Waals surface area (Å²) in [5.41, 5.74) is 3.13. The van der Waals surface area contributed by atoms with E-state index in [4.69, 9.17) is 0 Å². The highest BCUT2D eigenvalue weighted by Crippen LogP contribution is 2.28. The van der Waals surface area contributed by atoms with Crippen LogP contribution >= 0.6 is 0 Å². The Morgan fingerprint density at radius 2 is 2.00 bits per heavy atom. The lowest BCUT2D eigenvalue weighted by Gasteiger charge is -2.19. The molecule has 1 unspecified atom stereocenters. The van der Waals surface area contributed by atoms with Crippen LogP contribution in [-0.4, -0.2) is 6.54 Å². The molecule has 0 saturated heterocycles. The topological polar surface area (TPSA) is 12.0 Å². The van der Waals surface area contributed by atoms with Crippen LogP contribution in [0.15, 0.2) is 24.3 Å². The highest BCUT2D eigenvalue weighted by Gasteiger charge is 2.17. The third-order valence-corrected chi connectivity index (χ3v) is 4.22. The van der Waals surface area contributed by atoms with E-state index in [1.807, 2.05) is 0 Å². The van der Waals surface area contributed by atoms with Gasteiger partial charge in [-0.2, -0.15) is 0 Å². The smallest absolute Gasteiger partial charge is 0.0322 e. The molecule has 0 aliphatic heterocycles. The molecule has 0 saturated carbocycles. The van der Waals surface area contributed by atoms with Crippen molar-refractivity contribution in [1.29, 1.82) is 0 Å². The lowest BCUT2D eigenvalue weighted by molar-refractivity contribution is 0.461. The van der Waals surface area contributed by atoms with Crippen LogP contribution in [-0.2, 0) is 6.42 Å². The summed E-state index contributed by atoms with van der Waals surface area (Å²) in [5.74, 6) is 0.846. The molecule has 0 fully saturated rings. The van der Waals surface area contributed by atoms with Crippen molar-refractivity contribution in [3.8, 4) is 0 Å². The Labute approximate surface area is 118 Å². The molecule has 1 aliphatic carbocycles. The van der Waals surface area contributed by atoms with Crippen molar-refractivity contribution in [2.75, 3.05) is 6.54 Å². The van der Waals surface area contributed by atoms with Gasteiger partial charge in [-0.25, -0.2) is 0 Å². The molecule has 19 heavy (non-hydrogen) atoms. The molecule has 0 heterocycles. The number of hydrogen-bond acceptors (Lipinski definition) is 1. The Kier molecular flexibility index (Phi) is 5.91. The molecule has 0 aromatic heterocycles. The number of unbranched alkanes of at least 4 members (excludes halogenated alkanes) is 1. The fourth-order valence-electron chi connectivity index (χ4n) is 3.09. The molecule has 0 spiro atoms.